The van der Waals surface area contributed by atoms with Crippen LogP contribution < -0.4 is 19.5 Å². The van der Waals surface area contributed by atoms with Crippen LogP contribution in [-0.4, -0.2) is 40.3 Å². The molecule has 162 valence electrons. The molecule has 0 saturated carbocycles. The number of thioether (sulfide) groups is 1. The number of carbonyl (C=O) groups excluding carboxylic acids is 1. The summed E-state index contributed by atoms with van der Waals surface area (Å²) in [7, 11) is 1.64. The Morgan fingerprint density at radius 3 is 2.94 bits per heavy atom. The number of nitrogens with zero attached hydrogens (tertiary/aromatic N) is 3. The maximum absolute atomic E-state index is 12.6. The summed E-state index contributed by atoms with van der Waals surface area (Å²) < 4.78 is 19.1. The van der Waals surface area contributed by atoms with E-state index in [1.807, 2.05) is 43.3 Å². The molecule has 1 N–H and O–H groups in total. The molecular formula is C22H18N4O4S2. The topological polar surface area (TPSA) is 87.5 Å². The quantitative estimate of drug-likeness (QED) is 0.482. The molecule has 2 aliphatic heterocycles. The molecule has 0 spiro atoms. The van der Waals surface area contributed by atoms with E-state index >= 15 is 0 Å². The predicted octanol–water partition coefficient (Wildman–Crippen LogP) is 4.30. The van der Waals surface area contributed by atoms with Gasteiger partial charge < -0.3 is 19.5 Å². The summed E-state index contributed by atoms with van der Waals surface area (Å²) in [6.07, 6.45) is 0. The van der Waals surface area contributed by atoms with Crippen LogP contribution in [0.15, 0.2) is 36.4 Å². The van der Waals surface area contributed by atoms with Crippen molar-refractivity contribution in [3.8, 4) is 22.4 Å². The van der Waals surface area contributed by atoms with Gasteiger partial charge in [-0.2, -0.15) is 9.78 Å². The molecule has 4 aromatic rings. The fourth-order valence-electron chi connectivity index (χ4n) is 3.97. The molecule has 6 rings (SSSR count). The molecule has 0 unspecified atom stereocenters. The summed E-state index contributed by atoms with van der Waals surface area (Å²) in [5.41, 5.74) is 3.70. The summed E-state index contributed by atoms with van der Waals surface area (Å²) in [6.45, 7) is 2.19. The van der Waals surface area contributed by atoms with E-state index in [-0.39, 0.29) is 18.0 Å². The van der Waals surface area contributed by atoms with Crippen molar-refractivity contribution in [3.63, 3.8) is 0 Å². The van der Waals surface area contributed by atoms with Gasteiger partial charge in [0.2, 0.25) is 17.8 Å². The molecule has 0 radical (unpaired) electrons. The highest BCUT2D eigenvalue weighted by atomic mass is 32.2. The van der Waals surface area contributed by atoms with E-state index in [0.29, 0.717) is 16.7 Å². The van der Waals surface area contributed by atoms with E-state index < -0.39 is 0 Å². The van der Waals surface area contributed by atoms with Gasteiger partial charge in [-0.25, -0.2) is 4.98 Å². The smallest absolute Gasteiger partial charge is 0.235 e. The Bertz CT molecular complexity index is 1380. The number of methoxy groups -OCH3 is 1. The molecule has 2 aromatic carbocycles. The Balaban J connectivity index is 1.49. The van der Waals surface area contributed by atoms with Crippen molar-refractivity contribution < 1.29 is 19.0 Å². The van der Waals surface area contributed by atoms with Crippen molar-refractivity contribution in [2.24, 2.45) is 0 Å². The summed E-state index contributed by atoms with van der Waals surface area (Å²) >= 11 is 3.07. The van der Waals surface area contributed by atoms with E-state index in [4.69, 9.17) is 24.3 Å². The lowest BCUT2D eigenvalue weighted by Crippen LogP contribution is -2.15. The third kappa shape index (κ3) is 3.09. The van der Waals surface area contributed by atoms with Gasteiger partial charge in [0.15, 0.2) is 11.5 Å². The van der Waals surface area contributed by atoms with Gasteiger partial charge in [-0.15, -0.1) is 11.8 Å². The van der Waals surface area contributed by atoms with Gasteiger partial charge in [-0.3, -0.25) is 4.79 Å². The number of anilines is 1. The van der Waals surface area contributed by atoms with Crippen molar-refractivity contribution >= 4 is 45.0 Å². The van der Waals surface area contributed by atoms with Crippen LogP contribution in [0.5, 0.6) is 17.2 Å². The molecule has 0 saturated heterocycles. The average Bonchev–Trinajstić information content (AvgIpc) is 3.48. The fourth-order valence-corrected chi connectivity index (χ4v) is 6.10. The lowest BCUT2D eigenvalue weighted by Gasteiger charge is -2.15. The second-order valence-corrected chi connectivity index (χ2v) is 9.54. The highest BCUT2D eigenvalue weighted by molar-refractivity contribution is 8.00. The normalized spacial score (nSPS) is 17.2. The SMILES string of the molecule is COc1ccc2nc(-n3nc(C)c4c3NC(=O)CS[C@@H]4c3ccc4c(c3)OCO4)sc2c1. The maximum atomic E-state index is 12.6. The average molecular weight is 467 g/mol. The van der Waals surface area contributed by atoms with E-state index in [9.17, 15) is 4.79 Å². The number of aromatic nitrogens is 3. The zero-order valence-electron chi connectivity index (χ0n) is 17.2. The fraction of sp³-hybridized carbons (Fsp3) is 0.227. The molecule has 8 nitrogen and oxygen atoms in total. The molecule has 1 atom stereocenters. The number of nitrogens with one attached hydrogen (secondary N) is 1. The van der Waals surface area contributed by atoms with Crippen LogP contribution in [0.3, 0.4) is 0 Å². The number of rotatable bonds is 3. The minimum absolute atomic E-state index is 0.0663. The zero-order valence-corrected chi connectivity index (χ0v) is 18.9. The minimum Gasteiger partial charge on any atom is -0.497 e. The molecule has 1 amide bonds. The molecule has 2 aromatic heterocycles. The van der Waals surface area contributed by atoms with Gasteiger partial charge in [0, 0.05) is 5.56 Å². The van der Waals surface area contributed by atoms with Gasteiger partial charge in [0.05, 0.1) is 34.0 Å². The number of hydrogen-bond acceptors (Lipinski definition) is 8. The Labute approximate surface area is 191 Å². The van der Waals surface area contributed by atoms with Crippen LogP contribution in [0.2, 0.25) is 0 Å². The lowest BCUT2D eigenvalue weighted by molar-refractivity contribution is -0.113. The van der Waals surface area contributed by atoms with Crippen LogP contribution in [-0.2, 0) is 4.79 Å². The van der Waals surface area contributed by atoms with Gasteiger partial charge in [-0.1, -0.05) is 17.4 Å². The number of fused-ring (bicyclic) bond motifs is 3. The van der Waals surface area contributed by atoms with Crippen LogP contribution in [0.4, 0.5) is 5.82 Å². The molecule has 0 aliphatic carbocycles. The summed E-state index contributed by atoms with van der Waals surface area (Å²) in [4.78, 5) is 17.4. The van der Waals surface area contributed by atoms with Crippen molar-refractivity contribution in [2.45, 2.75) is 12.2 Å². The first-order valence-electron chi connectivity index (χ1n) is 9.96. The Hall–Kier alpha value is -3.24. The summed E-state index contributed by atoms with van der Waals surface area (Å²) in [5.74, 6) is 3.16. The van der Waals surface area contributed by atoms with Gasteiger partial charge >= 0.3 is 0 Å². The first kappa shape index (κ1) is 19.4. The van der Waals surface area contributed by atoms with Gasteiger partial charge in [-0.05, 0) is 42.8 Å². The number of ether oxygens (including phenoxy) is 3. The van der Waals surface area contributed by atoms with E-state index in [1.165, 1.54) is 11.3 Å². The Morgan fingerprint density at radius 2 is 2.06 bits per heavy atom. The third-order valence-electron chi connectivity index (χ3n) is 5.47. The van der Waals surface area contributed by atoms with E-state index in [0.717, 1.165) is 44.3 Å². The first-order chi connectivity index (χ1) is 15.6. The molecule has 32 heavy (non-hydrogen) atoms. The Kier molecular flexibility index (Phi) is 4.51. The largest absolute Gasteiger partial charge is 0.497 e. The molecular weight excluding hydrogens is 448 g/mol. The first-order valence-corrected chi connectivity index (χ1v) is 11.8. The number of carbonyl (C=O) groups is 1. The van der Waals surface area contributed by atoms with Crippen LogP contribution in [0.25, 0.3) is 15.3 Å². The van der Waals surface area contributed by atoms with Crippen molar-refractivity contribution in [1.82, 2.24) is 14.8 Å². The van der Waals surface area contributed by atoms with Crippen molar-refractivity contribution in [1.29, 1.82) is 0 Å². The number of hydrogen-bond donors (Lipinski definition) is 1. The van der Waals surface area contributed by atoms with Crippen LogP contribution in [0.1, 0.15) is 22.1 Å². The molecule has 0 bridgehead atoms. The molecule has 4 heterocycles. The van der Waals surface area contributed by atoms with E-state index in [2.05, 4.69) is 5.32 Å². The maximum Gasteiger partial charge on any atom is 0.235 e. The summed E-state index contributed by atoms with van der Waals surface area (Å²) in [5, 5.41) is 8.44. The zero-order chi connectivity index (χ0) is 21.8. The third-order valence-corrected chi connectivity index (χ3v) is 7.74. The minimum atomic E-state index is -0.0818. The second-order valence-electron chi connectivity index (χ2n) is 7.44. The summed E-state index contributed by atoms with van der Waals surface area (Å²) in [6, 6.07) is 11.7. The molecule has 0 fully saturated rings. The predicted molar refractivity (Wildman–Crippen MR) is 124 cm³/mol. The molecule has 10 heteroatoms. The number of thiazole rings is 1. The van der Waals surface area contributed by atoms with Crippen molar-refractivity contribution in [2.75, 3.05) is 25.0 Å². The standard InChI is InChI=1S/C22H18N4O4S2/c1-11-19-20(12-3-6-15-16(7-12)30-10-29-15)31-9-18(27)24-21(19)26(25-11)22-23-14-5-4-13(28-2)8-17(14)32-22/h3-8,20H,9-10H2,1-2H3,(H,24,27)/t20-/m1/s1. The highest BCUT2D eigenvalue weighted by Gasteiger charge is 2.32. The van der Waals surface area contributed by atoms with Crippen molar-refractivity contribution in [3.05, 3.63) is 53.2 Å². The van der Waals surface area contributed by atoms with Gasteiger partial charge in [0.25, 0.3) is 0 Å². The number of aryl methyl sites for hydroxylation is 1. The Morgan fingerprint density at radius 1 is 1.19 bits per heavy atom. The van der Waals surface area contributed by atoms with Gasteiger partial charge in [0.1, 0.15) is 11.6 Å². The highest BCUT2D eigenvalue weighted by Crippen LogP contribution is 2.46. The monoisotopic (exact) mass is 466 g/mol. The lowest BCUT2D eigenvalue weighted by atomic mass is 10.0. The van der Waals surface area contributed by atoms with Crippen LogP contribution >= 0.6 is 23.1 Å². The van der Waals surface area contributed by atoms with E-state index in [1.54, 1.807) is 23.6 Å². The molecule has 2 aliphatic rings. The second kappa shape index (κ2) is 7.42. The van der Waals surface area contributed by atoms with Crippen LogP contribution in [0, 0.1) is 6.92 Å². The number of benzene rings is 2. The number of amides is 1.